The van der Waals surface area contributed by atoms with E-state index in [9.17, 15) is 31.5 Å². The predicted octanol–water partition coefficient (Wildman–Crippen LogP) is 7.18. The van der Waals surface area contributed by atoms with Gasteiger partial charge in [-0.3, -0.25) is 9.59 Å². The summed E-state index contributed by atoms with van der Waals surface area (Å²) >= 11 is 0. The van der Waals surface area contributed by atoms with Gasteiger partial charge in [0, 0.05) is 61.5 Å². The van der Waals surface area contributed by atoms with Gasteiger partial charge in [-0.25, -0.2) is 13.8 Å². The number of likely N-dealkylation sites (tertiary alicyclic amines) is 1. The van der Waals surface area contributed by atoms with Crippen molar-refractivity contribution in [3.63, 3.8) is 0 Å². The topological polar surface area (TPSA) is 89.4 Å². The second-order valence-corrected chi connectivity index (χ2v) is 10.2. The number of halogens is 5. The summed E-state index contributed by atoms with van der Waals surface area (Å²) < 4.78 is 74.1. The lowest BCUT2D eigenvalue weighted by Gasteiger charge is -2.31. The monoisotopic (exact) mass is 583 g/mol. The molecule has 0 saturated carbocycles. The number of hydrogen-bond donors (Lipinski definition) is 1. The number of fused-ring (bicyclic) bond motifs is 1. The van der Waals surface area contributed by atoms with Crippen LogP contribution in [-0.2, 0) is 17.4 Å². The Labute approximate surface area is 237 Å². The van der Waals surface area contributed by atoms with Crippen LogP contribution in [0.4, 0.5) is 27.8 Å². The van der Waals surface area contributed by atoms with E-state index >= 15 is 0 Å². The highest BCUT2D eigenvalue weighted by atomic mass is 19.4. The Hall–Kier alpha value is -4.54. The summed E-state index contributed by atoms with van der Waals surface area (Å²) in [5.74, 6) is -2.72. The number of amides is 1. The number of allylic oxidation sites excluding steroid dienone is 1. The molecule has 0 bridgehead atoms. The normalized spacial score (nSPS) is 15.4. The van der Waals surface area contributed by atoms with Gasteiger partial charge < -0.3 is 15.1 Å². The van der Waals surface area contributed by atoms with E-state index in [1.54, 1.807) is 18.2 Å². The summed E-state index contributed by atoms with van der Waals surface area (Å²) in [5, 5.41) is 0.222. The fourth-order valence-corrected chi connectivity index (χ4v) is 4.75. The SMILES string of the molecule is Nc1ccc(/C=C/C(=O)CCc2cc3cc(C(F)(F)F)cc(-c4ccc(C(=O)N5CCC(F)(F)CC5)cc4)c3o2)cn1. The minimum atomic E-state index is -4.62. The quantitative estimate of drug-likeness (QED) is 0.184. The van der Waals surface area contributed by atoms with E-state index in [-0.39, 0.29) is 53.8 Å². The van der Waals surface area contributed by atoms with Crippen molar-refractivity contribution in [2.24, 2.45) is 0 Å². The van der Waals surface area contributed by atoms with E-state index in [0.29, 0.717) is 22.7 Å². The number of aromatic nitrogens is 1. The zero-order valence-electron chi connectivity index (χ0n) is 22.3. The Kier molecular flexibility index (Phi) is 7.85. The van der Waals surface area contributed by atoms with E-state index in [2.05, 4.69) is 4.98 Å². The highest BCUT2D eigenvalue weighted by Crippen LogP contribution is 2.39. The van der Waals surface area contributed by atoms with Crippen molar-refractivity contribution in [1.29, 1.82) is 0 Å². The molecule has 6 nitrogen and oxygen atoms in total. The Morgan fingerprint density at radius 2 is 1.74 bits per heavy atom. The van der Waals surface area contributed by atoms with Crippen molar-refractivity contribution in [3.8, 4) is 11.1 Å². The molecule has 1 aliphatic rings. The smallest absolute Gasteiger partial charge is 0.416 e. The number of aryl methyl sites for hydroxylation is 1. The van der Waals surface area contributed by atoms with Gasteiger partial charge in [-0.1, -0.05) is 12.1 Å². The van der Waals surface area contributed by atoms with Crippen molar-refractivity contribution in [1.82, 2.24) is 9.88 Å². The standard InChI is InChI=1S/C31H26F5N3O3/c32-30(33)11-13-39(14-12-30)29(41)21-5-3-20(4-6-21)26-17-23(31(34,35)36)15-22-16-25(42-28(22)26)9-8-24(40)7-1-19-2-10-27(37)38-18-19/h1-7,10,15-18H,8-9,11-14H2,(H2,37,38)/b7-1+. The van der Waals surface area contributed by atoms with Crippen molar-refractivity contribution < 1.29 is 36.0 Å². The average molecular weight is 584 g/mol. The van der Waals surface area contributed by atoms with Gasteiger partial charge in [-0.15, -0.1) is 0 Å². The molecule has 1 saturated heterocycles. The molecule has 42 heavy (non-hydrogen) atoms. The molecule has 2 N–H and O–H groups in total. The summed E-state index contributed by atoms with van der Waals surface area (Å²) in [6.45, 7) is -0.151. The van der Waals surface area contributed by atoms with Crippen LogP contribution in [-0.4, -0.2) is 40.6 Å². The number of nitrogens with zero attached hydrogens (tertiary/aromatic N) is 2. The number of nitrogens with two attached hydrogens (primary N) is 1. The summed E-state index contributed by atoms with van der Waals surface area (Å²) in [6.07, 6.45) is -0.707. The number of nitrogen functional groups attached to an aromatic ring is 1. The maximum Gasteiger partial charge on any atom is 0.416 e. The van der Waals surface area contributed by atoms with Crippen LogP contribution in [0.25, 0.3) is 28.2 Å². The predicted molar refractivity (Wildman–Crippen MR) is 148 cm³/mol. The number of furan rings is 1. The number of rotatable bonds is 7. The van der Waals surface area contributed by atoms with Crippen LogP contribution in [0.15, 0.2) is 71.3 Å². The molecule has 2 aromatic carbocycles. The molecule has 3 heterocycles. The summed E-state index contributed by atoms with van der Waals surface area (Å²) in [6, 6.07) is 12.7. The second kappa shape index (κ2) is 11.4. The third-order valence-electron chi connectivity index (χ3n) is 7.11. The molecule has 0 unspecified atom stereocenters. The Morgan fingerprint density at radius 3 is 2.38 bits per heavy atom. The Balaban J connectivity index is 1.36. The van der Waals surface area contributed by atoms with Crippen molar-refractivity contribution in [2.75, 3.05) is 18.8 Å². The van der Waals surface area contributed by atoms with Crippen LogP contribution in [0.2, 0.25) is 0 Å². The minimum Gasteiger partial charge on any atom is -0.460 e. The van der Waals surface area contributed by atoms with Crippen LogP contribution >= 0.6 is 0 Å². The van der Waals surface area contributed by atoms with Gasteiger partial charge in [0.2, 0.25) is 0 Å². The Bertz CT molecular complexity index is 1630. The summed E-state index contributed by atoms with van der Waals surface area (Å²) in [5.41, 5.74) is 6.38. The molecule has 0 radical (unpaired) electrons. The minimum absolute atomic E-state index is 0.0689. The number of pyridine rings is 1. The lowest BCUT2D eigenvalue weighted by atomic mass is 9.98. The number of carbonyl (C=O) groups excluding carboxylic acids is 2. The molecule has 1 fully saturated rings. The van der Waals surface area contributed by atoms with Crippen LogP contribution < -0.4 is 5.73 Å². The highest BCUT2D eigenvalue weighted by molar-refractivity contribution is 5.97. The first-order valence-electron chi connectivity index (χ1n) is 13.2. The first-order valence-corrected chi connectivity index (χ1v) is 13.2. The van der Waals surface area contributed by atoms with Gasteiger partial charge in [0.25, 0.3) is 11.8 Å². The van der Waals surface area contributed by atoms with Gasteiger partial charge in [-0.05, 0) is 65.7 Å². The second-order valence-electron chi connectivity index (χ2n) is 10.2. The van der Waals surface area contributed by atoms with E-state index in [1.807, 2.05) is 0 Å². The third kappa shape index (κ3) is 6.67. The summed E-state index contributed by atoms with van der Waals surface area (Å²) in [4.78, 5) is 30.5. The molecule has 11 heteroatoms. The van der Waals surface area contributed by atoms with Gasteiger partial charge in [0.05, 0.1) is 5.56 Å². The molecule has 5 rings (SSSR count). The number of carbonyl (C=O) groups is 2. The zero-order valence-corrected chi connectivity index (χ0v) is 22.3. The molecule has 4 aromatic rings. The van der Waals surface area contributed by atoms with Crippen LogP contribution in [0.1, 0.15) is 46.5 Å². The van der Waals surface area contributed by atoms with E-state index in [0.717, 1.165) is 12.1 Å². The van der Waals surface area contributed by atoms with Gasteiger partial charge in [-0.2, -0.15) is 13.2 Å². The molecule has 218 valence electrons. The van der Waals surface area contributed by atoms with Crippen LogP contribution in [0, 0.1) is 0 Å². The van der Waals surface area contributed by atoms with Crippen molar-refractivity contribution >= 4 is 34.6 Å². The number of alkyl halides is 5. The molecule has 0 atom stereocenters. The lowest BCUT2D eigenvalue weighted by Crippen LogP contribution is -2.42. The molecule has 1 amide bonds. The number of hydrogen-bond acceptors (Lipinski definition) is 5. The number of benzene rings is 2. The van der Waals surface area contributed by atoms with E-state index in [4.69, 9.17) is 10.2 Å². The molecular weight excluding hydrogens is 557 g/mol. The fraction of sp³-hybridized carbons (Fsp3) is 0.258. The first kappa shape index (κ1) is 29.0. The van der Waals surface area contributed by atoms with E-state index < -0.39 is 36.4 Å². The van der Waals surface area contributed by atoms with Gasteiger partial charge in [0.1, 0.15) is 17.2 Å². The lowest BCUT2D eigenvalue weighted by molar-refractivity contribution is -0.137. The van der Waals surface area contributed by atoms with Crippen LogP contribution in [0.5, 0.6) is 0 Å². The largest absolute Gasteiger partial charge is 0.460 e. The van der Waals surface area contributed by atoms with Crippen LogP contribution in [0.3, 0.4) is 0 Å². The molecular formula is C31H26F5N3O3. The fourth-order valence-electron chi connectivity index (χ4n) is 4.75. The van der Waals surface area contributed by atoms with Gasteiger partial charge >= 0.3 is 6.18 Å². The molecule has 0 spiro atoms. The number of piperidine rings is 1. The van der Waals surface area contributed by atoms with E-state index in [1.165, 1.54) is 47.5 Å². The van der Waals surface area contributed by atoms with Gasteiger partial charge in [0.15, 0.2) is 5.78 Å². The van der Waals surface area contributed by atoms with Crippen molar-refractivity contribution in [2.45, 2.75) is 37.8 Å². The first-order chi connectivity index (χ1) is 19.9. The zero-order chi connectivity index (χ0) is 30.1. The third-order valence-corrected chi connectivity index (χ3v) is 7.11. The number of anilines is 1. The Morgan fingerprint density at radius 1 is 1.02 bits per heavy atom. The maximum atomic E-state index is 13.8. The maximum absolute atomic E-state index is 13.8. The molecule has 0 aliphatic carbocycles. The molecule has 2 aromatic heterocycles. The number of ketones is 1. The van der Waals surface area contributed by atoms with Crippen molar-refractivity contribution in [3.05, 3.63) is 89.3 Å². The summed E-state index contributed by atoms with van der Waals surface area (Å²) in [7, 11) is 0. The average Bonchev–Trinajstić information content (AvgIpc) is 3.38. The highest BCUT2D eigenvalue weighted by Gasteiger charge is 2.36. The molecule has 1 aliphatic heterocycles.